The van der Waals surface area contributed by atoms with Gasteiger partial charge in [0.1, 0.15) is 12.3 Å². The predicted octanol–water partition coefficient (Wildman–Crippen LogP) is 3.60. The molecular weight excluding hydrogens is 492 g/mol. The van der Waals surface area contributed by atoms with Gasteiger partial charge in [-0.25, -0.2) is 5.01 Å². The van der Waals surface area contributed by atoms with Crippen LogP contribution in [0, 0.1) is 5.92 Å². The number of morpholine rings is 1. The third-order valence-corrected chi connectivity index (χ3v) is 7.45. The van der Waals surface area contributed by atoms with E-state index in [2.05, 4.69) is 4.90 Å². The standard InChI is InChI=1S/C28H33ClN4O4/c1-36-24-10-6-20(7-11-24)25-18-26(21-4-8-23(29)9-5-21)33(30-25)27(34)19-32(28(35)22-2-3-22)13-12-31-14-16-37-17-15-31/h4-11,22,26H,2-3,12-19H2,1H3/t26-/m1/s1. The van der Waals surface area contributed by atoms with E-state index >= 15 is 0 Å². The predicted molar refractivity (Wildman–Crippen MR) is 142 cm³/mol. The number of hydrogen-bond donors (Lipinski definition) is 0. The topological polar surface area (TPSA) is 74.7 Å². The smallest absolute Gasteiger partial charge is 0.262 e. The van der Waals surface area contributed by atoms with Gasteiger partial charge >= 0.3 is 0 Å². The number of carbonyl (C=O) groups excluding carboxylic acids is 2. The van der Waals surface area contributed by atoms with E-state index in [9.17, 15) is 9.59 Å². The second kappa shape index (κ2) is 11.6. The summed E-state index contributed by atoms with van der Waals surface area (Å²) in [7, 11) is 1.63. The van der Waals surface area contributed by atoms with E-state index in [1.54, 1.807) is 17.0 Å². The monoisotopic (exact) mass is 524 g/mol. The summed E-state index contributed by atoms with van der Waals surface area (Å²) < 4.78 is 10.7. The number of rotatable bonds is 9. The Morgan fingerprint density at radius 1 is 1.08 bits per heavy atom. The van der Waals surface area contributed by atoms with Gasteiger partial charge in [-0.15, -0.1) is 0 Å². The molecule has 1 saturated carbocycles. The molecule has 8 nitrogen and oxygen atoms in total. The zero-order valence-electron chi connectivity index (χ0n) is 21.1. The Morgan fingerprint density at radius 2 is 1.78 bits per heavy atom. The highest BCUT2D eigenvalue weighted by molar-refractivity contribution is 6.30. The third kappa shape index (κ3) is 6.32. The average molecular weight is 525 g/mol. The number of hydrogen-bond acceptors (Lipinski definition) is 6. The average Bonchev–Trinajstić information content (AvgIpc) is 3.69. The summed E-state index contributed by atoms with van der Waals surface area (Å²) in [4.78, 5) is 30.9. The van der Waals surface area contributed by atoms with Gasteiger partial charge in [-0.3, -0.25) is 14.5 Å². The molecule has 1 saturated heterocycles. The fourth-order valence-electron chi connectivity index (χ4n) is 4.82. The number of methoxy groups -OCH3 is 1. The van der Waals surface area contributed by atoms with Crippen LogP contribution in [0.5, 0.6) is 5.75 Å². The summed E-state index contributed by atoms with van der Waals surface area (Å²) in [6.07, 6.45) is 2.37. The number of carbonyl (C=O) groups is 2. The van der Waals surface area contributed by atoms with Crippen LogP contribution in [-0.2, 0) is 14.3 Å². The molecule has 5 rings (SSSR count). The molecule has 3 aliphatic rings. The summed E-state index contributed by atoms with van der Waals surface area (Å²) in [5, 5.41) is 6.98. The molecule has 196 valence electrons. The second-order valence-electron chi connectivity index (χ2n) is 9.77. The Kier molecular flexibility index (Phi) is 8.08. The summed E-state index contributed by atoms with van der Waals surface area (Å²) in [6, 6.07) is 15.0. The molecule has 2 amide bonds. The van der Waals surface area contributed by atoms with Crippen molar-refractivity contribution in [1.82, 2.24) is 14.8 Å². The lowest BCUT2D eigenvalue weighted by molar-refractivity contribution is -0.142. The minimum absolute atomic E-state index is 0.0170. The van der Waals surface area contributed by atoms with Crippen molar-refractivity contribution in [2.24, 2.45) is 11.0 Å². The zero-order valence-corrected chi connectivity index (χ0v) is 21.9. The first kappa shape index (κ1) is 25.7. The van der Waals surface area contributed by atoms with Gasteiger partial charge in [0.2, 0.25) is 5.91 Å². The molecule has 1 atom stereocenters. The molecule has 2 aromatic rings. The number of ether oxygens (including phenoxy) is 2. The van der Waals surface area contributed by atoms with E-state index < -0.39 is 0 Å². The van der Waals surface area contributed by atoms with Crippen molar-refractivity contribution in [2.45, 2.75) is 25.3 Å². The Balaban J connectivity index is 1.35. The quantitative estimate of drug-likeness (QED) is 0.501. The Bertz CT molecular complexity index is 1130. The van der Waals surface area contributed by atoms with Crippen LogP contribution in [0.2, 0.25) is 5.02 Å². The Morgan fingerprint density at radius 3 is 2.43 bits per heavy atom. The highest BCUT2D eigenvalue weighted by Gasteiger charge is 2.38. The van der Waals surface area contributed by atoms with Crippen LogP contribution in [0.4, 0.5) is 0 Å². The van der Waals surface area contributed by atoms with Gasteiger partial charge in [0, 0.05) is 43.5 Å². The normalized spacial score (nSPS) is 20.0. The maximum Gasteiger partial charge on any atom is 0.262 e. The van der Waals surface area contributed by atoms with Gasteiger partial charge in [0.15, 0.2) is 0 Å². The van der Waals surface area contributed by atoms with Gasteiger partial charge < -0.3 is 14.4 Å². The second-order valence-corrected chi connectivity index (χ2v) is 10.2. The highest BCUT2D eigenvalue weighted by atomic mass is 35.5. The van der Waals surface area contributed by atoms with Crippen LogP contribution < -0.4 is 4.74 Å². The molecule has 0 bridgehead atoms. The van der Waals surface area contributed by atoms with Crippen LogP contribution >= 0.6 is 11.6 Å². The molecule has 2 fully saturated rings. The van der Waals surface area contributed by atoms with Crippen LogP contribution in [0.25, 0.3) is 0 Å². The molecule has 0 radical (unpaired) electrons. The maximum atomic E-state index is 13.7. The third-order valence-electron chi connectivity index (χ3n) is 7.20. The van der Waals surface area contributed by atoms with Crippen molar-refractivity contribution in [3.63, 3.8) is 0 Å². The van der Waals surface area contributed by atoms with Gasteiger partial charge in [-0.2, -0.15) is 5.10 Å². The van der Waals surface area contributed by atoms with E-state index in [1.807, 2.05) is 48.5 Å². The van der Waals surface area contributed by atoms with Crippen molar-refractivity contribution >= 4 is 29.1 Å². The first-order valence-corrected chi connectivity index (χ1v) is 13.3. The fourth-order valence-corrected chi connectivity index (χ4v) is 4.95. The summed E-state index contributed by atoms with van der Waals surface area (Å²) in [5.74, 6) is 0.697. The van der Waals surface area contributed by atoms with E-state index in [-0.39, 0.29) is 30.3 Å². The molecule has 37 heavy (non-hydrogen) atoms. The number of halogens is 1. The Labute approximate surface area is 222 Å². The molecule has 0 N–H and O–H groups in total. The van der Waals surface area contributed by atoms with Crippen molar-refractivity contribution in [3.8, 4) is 5.75 Å². The minimum atomic E-state index is -0.265. The van der Waals surface area contributed by atoms with Crippen molar-refractivity contribution in [2.75, 3.05) is 53.0 Å². The lowest BCUT2D eigenvalue weighted by Crippen LogP contribution is -2.47. The lowest BCUT2D eigenvalue weighted by Gasteiger charge is -2.31. The number of hydrazone groups is 1. The van der Waals surface area contributed by atoms with Crippen LogP contribution in [-0.4, -0.2) is 85.4 Å². The molecule has 2 aromatic carbocycles. The summed E-state index contributed by atoms with van der Waals surface area (Å²) in [6.45, 7) is 4.37. The summed E-state index contributed by atoms with van der Waals surface area (Å²) >= 11 is 6.13. The molecule has 9 heteroatoms. The van der Waals surface area contributed by atoms with Crippen molar-refractivity contribution < 1.29 is 19.1 Å². The molecular formula is C28H33ClN4O4. The van der Waals surface area contributed by atoms with Gasteiger partial charge in [0.25, 0.3) is 5.91 Å². The van der Waals surface area contributed by atoms with E-state index in [0.29, 0.717) is 31.2 Å². The first-order chi connectivity index (χ1) is 18.0. The van der Waals surface area contributed by atoms with E-state index in [4.69, 9.17) is 26.2 Å². The van der Waals surface area contributed by atoms with Gasteiger partial charge in [0.05, 0.1) is 32.1 Å². The van der Waals surface area contributed by atoms with Crippen molar-refractivity contribution in [3.05, 3.63) is 64.7 Å². The van der Waals surface area contributed by atoms with Crippen molar-refractivity contribution in [1.29, 1.82) is 0 Å². The van der Waals surface area contributed by atoms with Crippen LogP contribution in [0.15, 0.2) is 53.6 Å². The van der Waals surface area contributed by atoms with Crippen LogP contribution in [0.1, 0.15) is 36.4 Å². The number of benzene rings is 2. The van der Waals surface area contributed by atoms with E-state index in [0.717, 1.165) is 55.1 Å². The first-order valence-electron chi connectivity index (χ1n) is 12.9. The number of nitrogens with zero attached hydrogens (tertiary/aromatic N) is 4. The zero-order chi connectivity index (χ0) is 25.8. The lowest BCUT2D eigenvalue weighted by atomic mass is 9.98. The van der Waals surface area contributed by atoms with Gasteiger partial charge in [-0.05, 0) is 60.4 Å². The van der Waals surface area contributed by atoms with E-state index in [1.165, 1.54) is 0 Å². The number of amides is 2. The molecule has 0 spiro atoms. The SMILES string of the molecule is COc1ccc(C2=NN(C(=O)CN(CCN3CCOCC3)C(=O)C3CC3)[C@@H](c3ccc(Cl)cc3)C2)cc1. The maximum absolute atomic E-state index is 13.7. The largest absolute Gasteiger partial charge is 0.497 e. The summed E-state index contributed by atoms with van der Waals surface area (Å²) in [5.41, 5.74) is 2.72. The highest BCUT2D eigenvalue weighted by Crippen LogP contribution is 2.35. The Hall–Kier alpha value is -2.94. The van der Waals surface area contributed by atoms with Gasteiger partial charge in [-0.1, -0.05) is 23.7 Å². The minimum Gasteiger partial charge on any atom is -0.497 e. The molecule has 2 heterocycles. The molecule has 0 unspecified atom stereocenters. The molecule has 0 aromatic heterocycles. The molecule has 1 aliphatic carbocycles. The fraction of sp³-hybridized carbons (Fsp3) is 0.464. The van der Waals surface area contributed by atoms with Crippen LogP contribution in [0.3, 0.4) is 0 Å². The molecule has 2 aliphatic heterocycles.